The SMILES string of the molecule is CCC(C)(CCBr)NS(=O)(=O)N1CCCCC1. The number of hydrogen-bond donors (Lipinski definition) is 1. The molecule has 0 aromatic heterocycles. The molecule has 0 saturated carbocycles. The molecule has 17 heavy (non-hydrogen) atoms. The maximum absolute atomic E-state index is 12.2. The Bertz CT molecular complexity index is 328. The van der Waals surface area contributed by atoms with E-state index in [2.05, 4.69) is 20.7 Å². The monoisotopic (exact) mass is 326 g/mol. The summed E-state index contributed by atoms with van der Waals surface area (Å²) in [5.74, 6) is 0. The molecule has 0 aromatic rings. The molecule has 1 unspecified atom stereocenters. The van der Waals surface area contributed by atoms with Gasteiger partial charge in [-0.1, -0.05) is 29.3 Å². The van der Waals surface area contributed by atoms with Gasteiger partial charge in [-0.15, -0.1) is 0 Å². The van der Waals surface area contributed by atoms with Gasteiger partial charge in [-0.05, 0) is 32.6 Å². The van der Waals surface area contributed by atoms with Crippen LogP contribution in [0.25, 0.3) is 0 Å². The van der Waals surface area contributed by atoms with Crippen molar-refractivity contribution in [1.82, 2.24) is 9.03 Å². The summed E-state index contributed by atoms with van der Waals surface area (Å²) in [6, 6.07) is 0. The summed E-state index contributed by atoms with van der Waals surface area (Å²) in [5, 5.41) is 0.805. The molecule has 102 valence electrons. The van der Waals surface area contributed by atoms with Crippen LogP contribution in [0.5, 0.6) is 0 Å². The Morgan fingerprint density at radius 3 is 2.35 bits per heavy atom. The van der Waals surface area contributed by atoms with Crippen LogP contribution in [-0.2, 0) is 10.2 Å². The van der Waals surface area contributed by atoms with E-state index in [4.69, 9.17) is 0 Å². The third-order valence-corrected chi connectivity index (χ3v) is 5.65. The van der Waals surface area contributed by atoms with E-state index >= 15 is 0 Å². The minimum absolute atomic E-state index is 0.347. The van der Waals surface area contributed by atoms with Gasteiger partial charge in [0.2, 0.25) is 0 Å². The predicted molar refractivity (Wildman–Crippen MR) is 74.6 cm³/mol. The summed E-state index contributed by atoms with van der Waals surface area (Å²) in [4.78, 5) is 0. The molecule has 0 spiro atoms. The van der Waals surface area contributed by atoms with E-state index in [1.165, 1.54) is 0 Å². The zero-order chi connectivity index (χ0) is 12.9. The van der Waals surface area contributed by atoms with E-state index in [0.717, 1.165) is 37.4 Å². The smallest absolute Gasteiger partial charge is 0.196 e. The fourth-order valence-electron chi connectivity index (χ4n) is 1.99. The Balaban J connectivity index is 2.69. The molecule has 0 radical (unpaired) electrons. The number of alkyl halides is 1. The molecule has 4 nitrogen and oxygen atoms in total. The lowest BCUT2D eigenvalue weighted by molar-refractivity contribution is 0.319. The third kappa shape index (κ3) is 4.50. The second-order valence-electron chi connectivity index (χ2n) is 4.92. The zero-order valence-electron chi connectivity index (χ0n) is 10.7. The summed E-state index contributed by atoms with van der Waals surface area (Å²) < 4.78 is 28.9. The van der Waals surface area contributed by atoms with E-state index < -0.39 is 10.2 Å². The minimum Gasteiger partial charge on any atom is -0.196 e. The van der Waals surface area contributed by atoms with Gasteiger partial charge in [-0.2, -0.15) is 17.4 Å². The maximum Gasteiger partial charge on any atom is 0.279 e. The van der Waals surface area contributed by atoms with Gasteiger partial charge in [-0.3, -0.25) is 0 Å². The van der Waals surface area contributed by atoms with Crippen LogP contribution in [0.1, 0.15) is 46.0 Å². The predicted octanol–water partition coefficient (Wildman–Crippen LogP) is 2.26. The Labute approximate surface area is 113 Å². The number of piperidine rings is 1. The first-order valence-corrected chi connectivity index (χ1v) is 8.85. The first-order valence-electron chi connectivity index (χ1n) is 6.28. The standard InChI is InChI=1S/C11H23BrN2O2S/c1-3-11(2,7-8-12)13-17(15,16)14-9-5-4-6-10-14/h13H,3-10H2,1-2H3. The summed E-state index contributed by atoms with van der Waals surface area (Å²) in [6.07, 6.45) is 4.69. The Morgan fingerprint density at radius 2 is 1.88 bits per heavy atom. The minimum atomic E-state index is -3.31. The first kappa shape index (κ1) is 15.4. The molecule has 1 N–H and O–H groups in total. The Hall–Kier alpha value is 0.350. The molecule has 0 aliphatic carbocycles. The molecule has 1 aliphatic heterocycles. The van der Waals surface area contributed by atoms with Crippen LogP contribution in [0.4, 0.5) is 0 Å². The summed E-state index contributed by atoms with van der Waals surface area (Å²) >= 11 is 3.38. The lowest BCUT2D eigenvalue weighted by Gasteiger charge is -2.33. The van der Waals surface area contributed by atoms with Crippen LogP contribution in [0.2, 0.25) is 0 Å². The van der Waals surface area contributed by atoms with Crippen molar-refractivity contribution in [2.45, 2.75) is 51.5 Å². The molecule has 1 rings (SSSR count). The van der Waals surface area contributed by atoms with E-state index in [1.54, 1.807) is 4.31 Å². The van der Waals surface area contributed by atoms with Crippen molar-refractivity contribution >= 4 is 26.1 Å². The average molecular weight is 327 g/mol. The second kappa shape index (κ2) is 6.50. The van der Waals surface area contributed by atoms with Crippen LogP contribution < -0.4 is 4.72 Å². The third-order valence-electron chi connectivity index (χ3n) is 3.46. The molecule has 0 amide bonds. The van der Waals surface area contributed by atoms with Crippen molar-refractivity contribution in [2.24, 2.45) is 0 Å². The lowest BCUT2D eigenvalue weighted by Crippen LogP contribution is -2.52. The van der Waals surface area contributed by atoms with Gasteiger partial charge in [0, 0.05) is 24.0 Å². The van der Waals surface area contributed by atoms with Gasteiger partial charge in [0.1, 0.15) is 0 Å². The lowest BCUT2D eigenvalue weighted by atomic mass is 9.98. The number of nitrogens with one attached hydrogen (secondary N) is 1. The van der Waals surface area contributed by atoms with Crippen LogP contribution in [0, 0.1) is 0 Å². The van der Waals surface area contributed by atoms with Gasteiger partial charge in [-0.25, -0.2) is 0 Å². The van der Waals surface area contributed by atoms with Gasteiger partial charge in [0.15, 0.2) is 0 Å². The Morgan fingerprint density at radius 1 is 1.29 bits per heavy atom. The van der Waals surface area contributed by atoms with Crippen molar-refractivity contribution in [3.8, 4) is 0 Å². The highest BCUT2D eigenvalue weighted by atomic mass is 79.9. The van der Waals surface area contributed by atoms with Gasteiger partial charge >= 0.3 is 0 Å². The molecule has 0 bridgehead atoms. The highest BCUT2D eigenvalue weighted by Crippen LogP contribution is 2.20. The number of rotatable bonds is 6. The average Bonchev–Trinajstić information content (AvgIpc) is 2.30. The van der Waals surface area contributed by atoms with Crippen molar-refractivity contribution in [1.29, 1.82) is 0 Å². The van der Waals surface area contributed by atoms with Gasteiger partial charge in [0.05, 0.1) is 0 Å². The number of halogens is 1. The topological polar surface area (TPSA) is 49.4 Å². The van der Waals surface area contributed by atoms with Crippen LogP contribution in [0.3, 0.4) is 0 Å². The molecule has 1 aliphatic rings. The summed E-state index contributed by atoms with van der Waals surface area (Å²) in [6.45, 7) is 5.30. The van der Waals surface area contributed by atoms with Crippen molar-refractivity contribution < 1.29 is 8.42 Å². The molecular formula is C11H23BrN2O2S. The van der Waals surface area contributed by atoms with E-state index in [9.17, 15) is 8.42 Å². The highest BCUT2D eigenvalue weighted by molar-refractivity contribution is 9.09. The normalized spacial score (nSPS) is 22.3. The summed E-state index contributed by atoms with van der Waals surface area (Å²) in [5.41, 5.74) is -0.347. The van der Waals surface area contributed by atoms with Gasteiger partial charge in [0.25, 0.3) is 10.2 Å². The highest BCUT2D eigenvalue weighted by Gasteiger charge is 2.31. The molecule has 1 saturated heterocycles. The number of hydrogen-bond acceptors (Lipinski definition) is 2. The van der Waals surface area contributed by atoms with Crippen LogP contribution in [0.15, 0.2) is 0 Å². The molecule has 1 fully saturated rings. The van der Waals surface area contributed by atoms with E-state index in [-0.39, 0.29) is 5.54 Å². The number of nitrogens with zero attached hydrogens (tertiary/aromatic N) is 1. The molecule has 6 heteroatoms. The second-order valence-corrected chi connectivity index (χ2v) is 7.38. The molecule has 0 aromatic carbocycles. The fraction of sp³-hybridized carbons (Fsp3) is 1.00. The van der Waals surface area contributed by atoms with Crippen molar-refractivity contribution in [2.75, 3.05) is 18.4 Å². The van der Waals surface area contributed by atoms with E-state index in [1.807, 2.05) is 13.8 Å². The van der Waals surface area contributed by atoms with Crippen LogP contribution >= 0.6 is 15.9 Å². The quantitative estimate of drug-likeness (QED) is 0.761. The van der Waals surface area contributed by atoms with Crippen LogP contribution in [-0.4, -0.2) is 36.7 Å². The zero-order valence-corrected chi connectivity index (χ0v) is 13.1. The summed E-state index contributed by atoms with van der Waals surface area (Å²) in [7, 11) is -3.31. The molecule has 1 atom stereocenters. The maximum atomic E-state index is 12.2. The molecule has 1 heterocycles. The molecular weight excluding hydrogens is 304 g/mol. The van der Waals surface area contributed by atoms with Crippen molar-refractivity contribution in [3.63, 3.8) is 0 Å². The van der Waals surface area contributed by atoms with Gasteiger partial charge < -0.3 is 0 Å². The van der Waals surface area contributed by atoms with Crippen molar-refractivity contribution in [3.05, 3.63) is 0 Å². The fourth-order valence-corrected chi connectivity index (χ4v) is 4.60. The Kier molecular flexibility index (Phi) is 5.89. The van der Waals surface area contributed by atoms with E-state index in [0.29, 0.717) is 13.1 Å². The first-order chi connectivity index (χ1) is 7.93. The largest absolute Gasteiger partial charge is 0.279 e.